The minimum Gasteiger partial charge on any atom is -0.497 e. The molecule has 134 valence electrons. The number of carbonyl (C=O) groups excluding carboxylic acids is 1. The summed E-state index contributed by atoms with van der Waals surface area (Å²) in [4.78, 5) is 12.2. The molecule has 0 saturated carbocycles. The van der Waals surface area contributed by atoms with Gasteiger partial charge in [-0.05, 0) is 42.3 Å². The van der Waals surface area contributed by atoms with E-state index in [0.717, 1.165) is 5.56 Å². The fourth-order valence-corrected chi connectivity index (χ4v) is 2.80. The number of ether oxygens (including phenoxy) is 1. The summed E-state index contributed by atoms with van der Waals surface area (Å²) in [6.07, 6.45) is 0.554. The topological polar surface area (TPSA) is 77.2 Å². The van der Waals surface area contributed by atoms with Crippen LogP contribution in [0.25, 0.3) is 11.5 Å². The van der Waals surface area contributed by atoms with E-state index in [1.807, 2.05) is 6.07 Å². The monoisotopic (exact) mass is 391 g/mol. The maximum atomic E-state index is 12.2. The van der Waals surface area contributed by atoms with Crippen LogP contribution < -0.4 is 10.1 Å². The van der Waals surface area contributed by atoms with Crippen molar-refractivity contribution < 1.29 is 13.9 Å². The van der Waals surface area contributed by atoms with Crippen molar-refractivity contribution in [3.05, 3.63) is 64.0 Å². The summed E-state index contributed by atoms with van der Waals surface area (Å²) in [5, 5.41) is 11.5. The van der Waals surface area contributed by atoms with E-state index in [4.69, 9.17) is 32.4 Å². The number of rotatable bonds is 6. The van der Waals surface area contributed by atoms with Gasteiger partial charge < -0.3 is 14.5 Å². The molecule has 6 nitrogen and oxygen atoms in total. The molecule has 26 heavy (non-hydrogen) atoms. The lowest BCUT2D eigenvalue weighted by Gasteiger charge is -2.05. The average Bonchev–Trinajstić information content (AvgIpc) is 3.14. The second-order valence-electron chi connectivity index (χ2n) is 5.39. The first-order chi connectivity index (χ1) is 12.6. The third kappa shape index (κ3) is 4.33. The number of carbonyl (C=O) groups is 1. The van der Waals surface area contributed by atoms with E-state index in [0.29, 0.717) is 34.3 Å². The number of amides is 1. The van der Waals surface area contributed by atoms with Gasteiger partial charge >= 0.3 is 11.8 Å². The summed E-state index contributed by atoms with van der Waals surface area (Å²) >= 11 is 12.0. The summed E-state index contributed by atoms with van der Waals surface area (Å²) in [7, 11) is 1.57. The highest BCUT2D eigenvalue weighted by Crippen LogP contribution is 2.23. The van der Waals surface area contributed by atoms with Crippen LogP contribution in [0.5, 0.6) is 5.75 Å². The second-order valence-corrected chi connectivity index (χ2v) is 6.23. The Balaban J connectivity index is 1.61. The largest absolute Gasteiger partial charge is 0.497 e. The summed E-state index contributed by atoms with van der Waals surface area (Å²) in [6.45, 7) is 0.372. The van der Waals surface area contributed by atoms with E-state index in [1.165, 1.54) is 0 Å². The van der Waals surface area contributed by atoms with Gasteiger partial charge in [0, 0.05) is 22.2 Å². The maximum absolute atomic E-state index is 12.2. The van der Waals surface area contributed by atoms with Gasteiger partial charge in [0.1, 0.15) is 5.75 Å². The highest BCUT2D eigenvalue weighted by atomic mass is 35.5. The number of nitrogens with one attached hydrogen (secondary N) is 1. The van der Waals surface area contributed by atoms with Crippen molar-refractivity contribution in [1.29, 1.82) is 0 Å². The van der Waals surface area contributed by atoms with Gasteiger partial charge in [0.15, 0.2) is 0 Å². The number of halogens is 2. The molecule has 0 atom stereocenters. The van der Waals surface area contributed by atoms with Gasteiger partial charge in [-0.2, -0.15) is 0 Å². The molecule has 1 aromatic heterocycles. The van der Waals surface area contributed by atoms with E-state index in [-0.39, 0.29) is 11.8 Å². The van der Waals surface area contributed by atoms with Gasteiger partial charge in [0.2, 0.25) is 5.89 Å². The Labute approximate surface area is 160 Å². The van der Waals surface area contributed by atoms with Crippen LogP contribution in [-0.2, 0) is 6.42 Å². The van der Waals surface area contributed by atoms with Gasteiger partial charge in [-0.15, -0.1) is 10.2 Å². The van der Waals surface area contributed by atoms with E-state index in [9.17, 15) is 4.79 Å². The van der Waals surface area contributed by atoms with E-state index >= 15 is 0 Å². The van der Waals surface area contributed by atoms with Crippen molar-refractivity contribution in [2.45, 2.75) is 6.42 Å². The lowest BCUT2D eigenvalue weighted by molar-refractivity contribution is 0.0920. The first-order valence-corrected chi connectivity index (χ1v) is 8.52. The number of aromatic nitrogens is 2. The third-order valence-corrected chi connectivity index (χ3v) is 4.22. The van der Waals surface area contributed by atoms with Crippen LogP contribution in [0.2, 0.25) is 10.0 Å². The normalized spacial score (nSPS) is 10.6. The van der Waals surface area contributed by atoms with E-state index < -0.39 is 5.91 Å². The van der Waals surface area contributed by atoms with Gasteiger partial charge in [0.25, 0.3) is 0 Å². The van der Waals surface area contributed by atoms with Crippen molar-refractivity contribution in [3.8, 4) is 17.2 Å². The van der Waals surface area contributed by atoms with Crippen molar-refractivity contribution in [3.63, 3.8) is 0 Å². The highest BCUT2D eigenvalue weighted by Gasteiger charge is 2.16. The van der Waals surface area contributed by atoms with Crippen LogP contribution in [0.15, 0.2) is 46.9 Å². The quantitative estimate of drug-likeness (QED) is 0.686. The Kier molecular flexibility index (Phi) is 5.75. The van der Waals surface area contributed by atoms with Crippen molar-refractivity contribution in [2.75, 3.05) is 13.7 Å². The van der Waals surface area contributed by atoms with Gasteiger partial charge in [0.05, 0.1) is 7.11 Å². The van der Waals surface area contributed by atoms with Gasteiger partial charge in [-0.1, -0.05) is 35.3 Å². The predicted molar refractivity (Wildman–Crippen MR) is 98.8 cm³/mol. The second kappa shape index (κ2) is 8.21. The number of methoxy groups -OCH3 is 1. The highest BCUT2D eigenvalue weighted by molar-refractivity contribution is 6.35. The summed E-state index contributed by atoms with van der Waals surface area (Å²) < 4.78 is 10.6. The first-order valence-electron chi connectivity index (χ1n) is 7.77. The van der Waals surface area contributed by atoms with Crippen molar-refractivity contribution in [2.24, 2.45) is 0 Å². The summed E-state index contributed by atoms with van der Waals surface area (Å²) in [5.41, 5.74) is 1.56. The standard InChI is InChI=1S/C18H15Cl2N3O3/c1-25-14-4-2-3-12(9-14)17-22-23-18(26-17)16(24)21-8-7-11-5-6-13(19)10-15(11)20/h2-6,9-10H,7-8H2,1H3,(H,21,24). The summed E-state index contributed by atoms with van der Waals surface area (Å²) in [6, 6.07) is 12.4. The molecule has 1 heterocycles. The molecular weight excluding hydrogens is 377 g/mol. The Bertz CT molecular complexity index is 928. The predicted octanol–water partition coefficient (Wildman–Crippen LogP) is 4.02. The molecule has 1 amide bonds. The Morgan fingerprint density at radius 2 is 2.04 bits per heavy atom. The van der Waals surface area contributed by atoms with Crippen molar-refractivity contribution in [1.82, 2.24) is 15.5 Å². The number of hydrogen-bond acceptors (Lipinski definition) is 5. The molecule has 0 aliphatic rings. The van der Waals surface area contributed by atoms with Crippen LogP contribution >= 0.6 is 23.2 Å². The smallest absolute Gasteiger partial charge is 0.308 e. The molecule has 0 spiro atoms. The fourth-order valence-electron chi connectivity index (χ4n) is 2.30. The van der Waals surface area contributed by atoms with Crippen LogP contribution in [0.4, 0.5) is 0 Å². The Morgan fingerprint density at radius 1 is 1.19 bits per heavy atom. The minimum atomic E-state index is -0.447. The molecule has 0 fully saturated rings. The third-order valence-electron chi connectivity index (χ3n) is 3.63. The van der Waals surface area contributed by atoms with Gasteiger partial charge in [-0.25, -0.2) is 0 Å². The fraction of sp³-hybridized carbons (Fsp3) is 0.167. The molecule has 0 aliphatic carbocycles. The molecule has 0 saturated heterocycles. The Hall–Kier alpha value is -2.57. The first kappa shape index (κ1) is 18.2. The molecule has 0 bridgehead atoms. The van der Waals surface area contributed by atoms with Crippen LogP contribution in [0.3, 0.4) is 0 Å². The van der Waals surface area contributed by atoms with Crippen LogP contribution in [-0.4, -0.2) is 29.8 Å². The zero-order valence-electron chi connectivity index (χ0n) is 13.8. The number of benzene rings is 2. The molecular formula is C18H15Cl2N3O3. The van der Waals surface area contributed by atoms with Crippen LogP contribution in [0, 0.1) is 0 Å². The maximum Gasteiger partial charge on any atom is 0.308 e. The van der Waals surface area contributed by atoms with Crippen LogP contribution in [0.1, 0.15) is 16.2 Å². The summed E-state index contributed by atoms with van der Waals surface area (Å²) in [5.74, 6) is 0.350. The Morgan fingerprint density at radius 3 is 2.81 bits per heavy atom. The van der Waals surface area contributed by atoms with E-state index in [1.54, 1.807) is 43.5 Å². The average molecular weight is 392 g/mol. The minimum absolute atomic E-state index is 0.106. The molecule has 3 rings (SSSR count). The zero-order chi connectivity index (χ0) is 18.5. The SMILES string of the molecule is COc1cccc(-c2nnc(C(=O)NCCc3ccc(Cl)cc3Cl)o2)c1. The zero-order valence-corrected chi connectivity index (χ0v) is 15.3. The molecule has 3 aromatic rings. The molecule has 1 N–H and O–H groups in total. The van der Waals surface area contributed by atoms with Crippen molar-refractivity contribution >= 4 is 29.1 Å². The lowest BCUT2D eigenvalue weighted by Crippen LogP contribution is -2.26. The number of nitrogens with zero attached hydrogens (tertiary/aromatic N) is 2. The molecule has 0 radical (unpaired) electrons. The molecule has 0 aliphatic heterocycles. The van der Waals surface area contributed by atoms with Gasteiger partial charge in [-0.3, -0.25) is 4.79 Å². The lowest BCUT2D eigenvalue weighted by atomic mass is 10.1. The molecule has 8 heteroatoms. The molecule has 0 unspecified atom stereocenters. The van der Waals surface area contributed by atoms with E-state index in [2.05, 4.69) is 15.5 Å². The number of hydrogen-bond donors (Lipinski definition) is 1. The molecule has 2 aromatic carbocycles.